The summed E-state index contributed by atoms with van der Waals surface area (Å²) < 4.78 is 25.0. The molecule has 0 saturated carbocycles. The molecule has 0 aliphatic carbocycles. The molecule has 0 radical (unpaired) electrons. The number of carboxylic acids is 1. The predicted octanol–water partition coefficient (Wildman–Crippen LogP) is 0.247. The lowest BCUT2D eigenvalue weighted by Gasteiger charge is -2.33. The maximum atomic E-state index is 11.8. The predicted molar refractivity (Wildman–Crippen MR) is 77.5 cm³/mol. The van der Waals surface area contributed by atoms with Gasteiger partial charge in [-0.05, 0) is 19.1 Å². The highest BCUT2D eigenvalue weighted by Crippen LogP contribution is 2.11. The second-order valence-electron chi connectivity index (χ2n) is 4.90. The molecule has 1 aromatic heterocycles. The van der Waals surface area contributed by atoms with Crippen molar-refractivity contribution < 1.29 is 18.3 Å². The molecule has 7 nitrogen and oxygen atoms in total. The Morgan fingerprint density at radius 1 is 1.29 bits per heavy atom. The first kappa shape index (κ1) is 15.9. The van der Waals surface area contributed by atoms with Crippen LogP contribution >= 0.6 is 0 Å². The number of piperazine rings is 1. The van der Waals surface area contributed by atoms with Crippen LogP contribution in [0.4, 0.5) is 0 Å². The van der Waals surface area contributed by atoms with Crippen LogP contribution in [0.25, 0.3) is 0 Å². The molecule has 0 bridgehead atoms. The highest BCUT2D eigenvalue weighted by Gasteiger charge is 2.25. The quantitative estimate of drug-likeness (QED) is 0.838. The van der Waals surface area contributed by atoms with Crippen LogP contribution in [-0.4, -0.2) is 65.6 Å². The van der Waals surface area contributed by atoms with Crippen molar-refractivity contribution >= 4 is 16.0 Å². The van der Waals surface area contributed by atoms with Gasteiger partial charge in [-0.2, -0.15) is 4.31 Å². The summed E-state index contributed by atoms with van der Waals surface area (Å²) in [5.74, 6) is -0.925. The van der Waals surface area contributed by atoms with Gasteiger partial charge in [0.05, 0.1) is 11.4 Å². The van der Waals surface area contributed by atoms with Gasteiger partial charge in [0.15, 0.2) is 0 Å². The van der Waals surface area contributed by atoms with Crippen molar-refractivity contribution in [2.75, 3.05) is 31.9 Å². The fourth-order valence-corrected chi connectivity index (χ4v) is 3.35. The van der Waals surface area contributed by atoms with Gasteiger partial charge in [-0.15, -0.1) is 0 Å². The normalized spacial score (nSPS) is 17.8. The number of hydrogen-bond acceptors (Lipinski definition) is 5. The number of aromatic carboxylic acids is 1. The third kappa shape index (κ3) is 3.99. The molecule has 1 fully saturated rings. The first-order valence-corrected chi connectivity index (χ1v) is 8.42. The van der Waals surface area contributed by atoms with E-state index in [1.807, 2.05) is 0 Å². The third-order valence-electron chi connectivity index (χ3n) is 3.50. The number of pyridine rings is 1. The molecular formula is C13H19N3O4S. The summed E-state index contributed by atoms with van der Waals surface area (Å²) in [5.41, 5.74) is 0.710. The summed E-state index contributed by atoms with van der Waals surface area (Å²) >= 11 is 0. The van der Waals surface area contributed by atoms with Crippen LogP contribution in [0, 0.1) is 0 Å². The van der Waals surface area contributed by atoms with Gasteiger partial charge >= 0.3 is 5.97 Å². The van der Waals surface area contributed by atoms with Crippen molar-refractivity contribution in [3.05, 3.63) is 29.6 Å². The number of aromatic nitrogens is 1. The van der Waals surface area contributed by atoms with Crippen molar-refractivity contribution in [3.8, 4) is 0 Å². The molecule has 21 heavy (non-hydrogen) atoms. The second kappa shape index (κ2) is 6.50. The zero-order valence-corrected chi connectivity index (χ0v) is 12.7. The summed E-state index contributed by atoms with van der Waals surface area (Å²) in [5, 5.41) is 8.92. The van der Waals surface area contributed by atoms with E-state index in [0.717, 1.165) is 0 Å². The third-order valence-corrected chi connectivity index (χ3v) is 5.38. The van der Waals surface area contributed by atoms with E-state index < -0.39 is 16.0 Å². The molecule has 0 aromatic carbocycles. The molecule has 0 atom stereocenters. The number of rotatable bonds is 5. The molecule has 116 valence electrons. The van der Waals surface area contributed by atoms with Gasteiger partial charge in [-0.25, -0.2) is 18.2 Å². The van der Waals surface area contributed by atoms with Crippen LogP contribution in [0.5, 0.6) is 0 Å². The van der Waals surface area contributed by atoms with Crippen molar-refractivity contribution in [2.24, 2.45) is 0 Å². The molecule has 1 aliphatic rings. The second-order valence-corrected chi connectivity index (χ2v) is 7.15. The van der Waals surface area contributed by atoms with Gasteiger partial charge in [0.1, 0.15) is 5.69 Å². The van der Waals surface area contributed by atoms with Crippen molar-refractivity contribution in [1.29, 1.82) is 0 Å². The van der Waals surface area contributed by atoms with Gasteiger partial charge in [0.25, 0.3) is 0 Å². The number of carboxylic acid groups (broad SMARTS) is 1. The Morgan fingerprint density at radius 3 is 2.52 bits per heavy atom. The molecule has 0 amide bonds. The SMILES string of the molecule is CCS(=O)(=O)N1CCN(Cc2cccc(C(=O)O)n2)CC1. The Morgan fingerprint density at radius 2 is 1.95 bits per heavy atom. The van der Waals surface area contributed by atoms with Gasteiger partial charge in [-0.3, -0.25) is 4.90 Å². The molecule has 1 N–H and O–H groups in total. The summed E-state index contributed by atoms with van der Waals surface area (Å²) in [6.45, 7) is 4.35. The lowest BCUT2D eigenvalue weighted by molar-refractivity contribution is 0.0689. The van der Waals surface area contributed by atoms with Crippen LogP contribution in [0.1, 0.15) is 23.1 Å². The van der Waals surface area contributed by atoms with E-state index in [0.29, 0.717) is 38.4 Å². The lowest BCUT2D eigenvalue weighted by atomic mass is 10.2. The molecule has 8 heteroatoms. The summed E-state index contributed by atoms with van der Waals surface area (Å²) in [6, 6.07) is 4.91. The number of nitrogens with zero attached hydrogens (tertiary/aromatic N) is 3. The van der Waals surface area contributed by atoms with E-state index in [1.165, 1.54) is 10.4 Å². The number of carbonyl (C=O) groups is 1. The van der Waals surface area contributed by atoms with Gasteiger partial charge in [0, 0.05) is 32.7 Å². The van der Waals surface area contributed by atoms with Crippen LogP contribution in [0.15, 0.2) is 18.2 Å². The Balaban J connectivity index is 1.95. The van der Waals surface area contributed by atoms with E-state index in [1.54, 1.807) is 19.1 Å². The monoisotopic (exact) mass is 313 g/mol. The molecule has 0 unspecified atom stereocenters. The average molecular weight is 313 g/mol. The number of hydrogen-bond donors (Lipinski definition) is 1. The Kier molecular flexibility index (Phi) is 4.92. The van der Waals surface area contributed by atoms with E-state index in [-0.39, 0.29) is 11.4 Å². The summed E-state index contributed by atoms with van der Waals surface area (Å²) in [7, 11) is -3.12. The molecule has 2 heterocycles. The van der Waals surface area contributed by atoms with E-state index >= 15 is 0 Å². The van der Waals surface area contributed by atoms with Gasteiger partial charge < -0.3 is 5.11 Å². The fraction of sp³-hybridized carbons (Fsp3) is 0.538. The summed E-state index contributed by atoms with van der Waals surface area (Å²) in [4.78, 5) is 17.0. The molecule has 0 spiro atoms. The van der Waals surface area contributed by atoms with Crippen molar-refractivity contribution in [2.45, 2.75) is 13.5 Å². The maximum Gasteiger partial charge on any atom is 0.354 e. The van der Waals surface area contributed by atoms with Gasteiger partial charge in [0.2, 0.25) is 10.0 Å². The molecule has 1 aromatic rings. The Hall–Kier alpha value is -1.51. The standard InChI is InChI=1S/C13H19N3O4S/c1-2-21(19,20)16-8-6-15(7-9-16)10-11-4-3-5-12(14-11)13(17)18/h3-5H,2,6-10H2,1H3,(H,17,18). The zero-order valence-electron chi connectivity index (χ0n) is 11.9. The van der Waals surface area contributed by atoms with E-state index in [9.17, 15) is 13.2 Å². The molecular weight excluding hydrogens is 294 g/mol. The maximum absolute atomic E-state index is 11.8. The average Bonchev–Trinajstić information content (AvgIpc) is 2.48. The van der Waals surface area contributed by atoms with Crippen molar-refractivity contribution in [1.82, 2.24) is 14.2 Å². The lowest BCUT2D eigenvalue weighted by Crippen LogP contribution is -2.48. The Bertz CT molecular complexity index is 610. The van der Waals surface area contributed by atoms with E-state index in [4.69, 9.17) is 5.11 Å². The van der Waals surface area contributed by atoms with E-state index in [2.05, 4.69) is 9.88 Å². The largest absolute Gasteiger partial charge is 0.477 e. The minimum absolute atomic E-state index is 0.0275. The minimum atomic E-state index is -3.12. The van der Waals surface area contributed by atoms with Crippen molar-refractivity contribution in [3.63, 3.8) is 0 Å². The molecule has 1 aliphatic heterocycles. The Labute approximate surface area is 124 Å². The fourth-order valence-electron chi connectivity index (χ4n) is 2.26. The topological polar surface area (TPSA) is 90.8 Å². The molecule has 1 saturated heterocycles. The highest BCUT2D eigenvalue weighted by molar-refractivity contribution is 7.89. The van der Waals surface area contributed by atoms with Gasteiger partial charge in [-0.1, -0.05) is 6.07 Å². The smallest absolute Gasteiger partial charge is 0.354 e. The first-order valence-electron chi connectivity index (χ1n) is 6.82. The number of sulfonamides is 1. The van der Waals surface area contributed by atoms with Crippen LogP contribution < -0.4 is 0 Å². The first-order chi connectivity index (χ1) is 9.92. The minimum Gasteiger partial charge on any atom is -0.477 e. The molecule has 2 rings (SSSR count). The highest BCUT2D eigenvalue weighted by atomic mass is 32.2. The van der Waals surface area contributed by atoms with Crippen LogP contribution in [-0.2, 0) is 16.6 Å². The zero-order chi connectivity index (χ0) is 15.5. The summed E-state index contributed by atoms with van der Waals surface area (Å²) in [6.07, 6.45) is 0. The van der Waals surface area contributed by atoms with Crippen LogP contribution in [0.3, 0.4) is 0 Å². The van der Waals surface area contributed by atoms with Crippen LogP contribution in [0.2, 0.25) is 0 Å².